The number of nitrogens with zero attached hydrogens (tertiary/aromatic N) is 4. The molecule has 6 rings (SSSR count). The van der Waals surface area contributed by atoms with Crippen LogP contribution in [0.2, 0.25) is 5.02 Å². The second-order valence-corrected chi connectivity index (χ2v) is 14.9. The van der Waals surface area contributed by atoms with Crippen LogP contribution in [0.1, 0.15) is 29.5 Å². The minimum atomic E-state index is -5.08. The van der Waals surface area contributed by atoms with E-state index in [4.69, 9.17) is 31.4 Å². The lowest BCUT2D eigenvalue weighted by molar-refractivity contribution is -0.193. The number of carbonyl (C=O) groups excluding carboxylic acids is 2. The van der Waals surface area contributed by atoms with Crippen molar-refractivity contribution in [2.75, 3.05) is 63.2 Å². The summed E-state index contributed by atoms with van der Waals surface area (Å²) in [6.45, 7) is 8.22. The number of aromatic amines is 1. The molecule has 0 bridgehead atoms. The second-order valence-electron chi connectivity index (χ2n) is 14.4. The molecule has 0 aliphatic carbocycles. The van der Waals surface area contributed by atoms with Gasteiger partial charge in [-0.1, -0.05) is 54.9 Å². The van der Waals surface area contributed by atoms with Gasteiger partial charge >= 0.3 is 30.3 Å². The summed E-state index contributed by atoms with van der Waals surface area (Å²) < 4.78 is 63.5. The quantitative estimate of drug-likeness (QED) is 0.143. The molecule has 0 saturated carbocycles. The molecule has 320 valence electrons. The fourth-order valence-corrected chi connectivity index (χ4v) is 7.27. The molecule has 12 nitrogen and oxygen atoms in total. The van der Waals surface area contributed by atoms with Gasteiger partial charge in [-0.3, -0.25) is 4.79 Å². The molecule has 4 aromatic rings. The molecule has 3 atom stereocenters. The van der Waals surface area contributed by atoms with Gasteiger partial charge in [-0.2, -0.15) is 26.3 Å². The zero-order valence-corrected chi connectivity index (χ0v) is 33.3. The van der Waals surface area contributed by atoms with Gasteiger partial charge in [-0.25, -0.2) is 14.4 Å². The van der Waals surface area contributed by atoms with Crippen LogP contribution in [0.4, 0.5) is 42.5 Å². The number of rotatable bonds is 7. The number of halogens is 7. The molecule has 1 saturated heterocycles. The Kier molecular flexibility index (Phi) is 15.3. The number of hydrogen-bond donors (Lipinski definition) is 4. The molecule has 1 fully saturated rings. The third-order valence-electron chi connectivity index (χ3n) is 9.84. The van der Waals surface area contributed by atoms with Crippen LogP contribution in [0, 0.1) is 12.8 Å². The predicted octanol–water partition coefficient (Wildman–Crippen LogP) is 7.17. The molecule has 59 heavy (non-hydrogen) atoms. The van der Waals surface area contributed by atoms with Crippen molar-refractivity contribution in [1.29, 1.82) is 0 Å². The van der Waals surface area contributed by atoms with Gasteiger partial charge in [0.1, 0.15) is 6.04 Å². The first-order valence-corrected chi connectivity index (χ1v) is 18.7. The van der Waals surface area contributed by atoms with Gasteiger partial charge in [0.05, 0.1) is 0 Å². The Morgan fingerprint density at radius 1 is 0.881 bits per heavy atom. The smallest absolute Gasteiger partial charge is 0.475 e. The van der Waals surface area contributed by atoms with Crippen molar-refractivity contribution in [2.45, 2.75) is 44.6 Å². The highest BCUT2D eigenvalue weighted by atomic mass is 35.5. The number of amides is 3. The highest BCUT2D eigenvalue weighted by molar-refractivity contribution is 6.30. The molecule has 1 aromatic heterocycles. The maximum absolute atomic E-state index is 14.8. The number of fused-ring (bicyclic) bond motifs is 2. The summed E-state index contributed by atoms with van der Waals surface area (Å²) in [6, 6.07) is 21.2. The number of benzene rings is 3. The van der Waals surface area contributed by atoms with Crippen LogP contribution >= 0.6 is 11.6 Å². The molecule has 4 N–H and O–H groups in total. The van der Waals surface area contributed by atoms with Crippen molar-refractivity contribution in [1.82, 2.24) is 20.1 Å². The standard InChI is InChI=1S/C36H43ClN6O2.2C2HF3O2/c1-24-9-5-8-12-32(24)41-15-17-42(18-16-41)36(45)39-34(25(2)30-21-38-31-11-7-6-10-29(30)31)35(44)43-23-26(22-40(3)4)19-27-20-28(37)13-14-33(27)43;2*3-2(4,5)1(6)7/h5-14,20-21,25-26,34,38H,15-19,22-23H2,1-4H3,(H,39,45);2*(H,6,7)/t25?,26-,34?;;/m1../s1. The highest BCUT2D eigenvalue weighted by Gasteiger charge is 2.40. The van der Waals surface area contributed by atoms with Crippen molar-refractivity contribution in [2.24, 2.45) is 5.92 Å². The number of urea groups is 1. The molecule has 2 aliphatic rings. The van der Waals surface area contributed by atoms with Crippen molar-refractivity contribution in [3.05, 3.63) is 94.6 Å². The van der Waals surface area contributed by atoms with E-state index in [0.717, 1.165) is 53.8 Å². The monoisotopic (exact) mass is 854 g/mol. The van der Waals surface area contributed by atoms with Gasteiger partial charge in [0.15, 0.2) is 0 Å². The van der Waals surface area contributed by atoms with E-state index in [2.05, 4.69) is 65.4 Å². The van der Waals surface area contributed by atoms with E-state index < -0.39 is 30.3 Å². The lowest BCUT2D eigenvalue weighted by Crippen LogP contribution is -2.58. The van der Waals surface area contributed by atoms with E-state index in [1.807, 2.05) is 65.4 Å². The Hall–Kier alpha value is -5.49. The summed E-state index contributed by atoms with van der Waals surface area (Å²) in [5.41, 5.74) is 6.38. The third-order valence-corrected chi connectivity index (χ3v) is 10.1. The van der Waals surface area contributed by atoms with Crippen LogP contribution in [0.25, 0.3) is 10.9 Å². The van der Waals surface area contributed by atoms with Crippen molar-refractivity contribution in [3.63, 3.8) is 0 Å². The maximum atomic E-state index is 14.8. The Balaban J connectivity index is 0.000000471. The molecule has 3 heterocycles. The first-order chi connectivity index (χ1) is 27.6. The minimum absolute atomic E-state index is 0.105. The summed E-state index contributed by atoms with van der Waals surface area (Å²) in [6.07, 6.45) is -7.35. The molecule has 19 heteroatoms. The average molecular weight is 855 g/mol. The lowest BCUT2D eigenvalue weighted by atomic mass is 9.88. The van der Waals surface area contributed by atoms with Gasteiger partial charge in [-0.05, 0) is 80.4 Å². The number of H-pyrrole nitrogens is 1. The van der Waals surface area contributed by atoms with Gasteiger partial charge in [-0.15, -0.1) is 0 Å². The number of hydrogen-bond acceptors (Lipinski definition) is 6. The van der Waals surface area contributed by atoms with Crippen LogP contribution in [0.15, 0.2) is 72.9 Å². The number of aromatic nitrogens is 1. The van der Waals surface area contributed by atoms with Crippen molar-refractivity contribution in [3.8, 4) is 0 Å². The van der Waals surface area contributed by atoms with Crippen LogP contribution in [0.3, 0.4) is 0 Å². The Morgan fingerprint density at radius 3 is 2.03 bits per heavy atom. The van der Waals surface area contributed by atoms with E-state index in [1.165, 1.54) is 11.3 Å². The number of aryl methyl sites for hydroxylation is 1. The van der Waals surface area contributed by atoms with Gasteiger partial charge < -0.3 is 40.1 Å². The summed E-state index contributed by atoms with van der Waals surface area (Å²) in [7, 11) is 4.11. The number of nitrogens with one attached hydrogen (secondary N) is 2. The van der Waals surface area contributed by atoms with Crippen LogP contribution < -0.4 is 15.1 Å². The van der Waals surface area contributed by atoms with Gasteiger partial charge in [0, 0.05) is 78.7 Å². The number of carboxylic acids is 2. The zero-order valence-electron chi connectivity index (χ0n) is 32.6. The van der Waals surface area contributed by atoms with E-state index in [9.17, 15) is 35.9 Å². The van der Waals surface area contributed by atoms with Crippen molar-refractivity contribution < 1.29 is 55.7 Å². The van der Waals surface area contributed by atoms with Gasteiger partial charge in [0.2, 0.25) is 5.91 Å². The van der Waals surface area contributed by atoms with E-state index >= 15 is 0 Å². The number of carboxylic acid groups (broad SMARTS) is 2. The number of aliphatic carboxylic acids is 2. The average Bonchev–Trinajstić information content (AvgIpc) is 3.60. The molecule has 2 unspecified atom stereocenters. The summed E-state index contributed by atoms with van der Waals surface area (Å²) >= 11 is 6.42. The molecule has 0 spiro atoms. The minimum Gasteiger partial charge on any atom is -0.475 e. The third kappa shape index (κ3) is 12.3. The topological polar surface area (TPSA) is 150 Å². The highest BCUT2D eigenvalue weighted by Crippen LogP contribution is 2.35. The SMILES string of the molecule is Cc1ccccc1N1CCN(C(=O)NC(C(=O)N2C[C@@H](CN(C)C)Cc3cc(Cl)ccc32)C(C)c2c[nH]c3ccccc23)CC1.O=C(O)C(F)(F)F.O=C(O)C(F)(F)F. The van der Waals surface area contributed by atoms with E-state index in [0.29, 0.717) is 24.7 Å². The zero-order chi connectivity index (χ0) is 43.8. The number of carbonyl (C=O) groups is 4. The largest absolute Gasteiger partial charge is 0.490 e. The summed E-state index contributed by atoms with van der Waals surface area (Å²) in [5.74, 6) is -5.66. The number of alkyl halides is 6. The van der Waals surface area contributed by atoms with Crippen LogP contribution in [0.5, 0.6) is 0 Å². The van der Waals surface area contributed by atoms with E-state index in [1.54, 1.807) is 0 Å². The molecule has 3 amide bonds. The first kappa shape index (κ1) is 46.2. The number of piperazine rings is 1. The molecule has 3 aromatic carbocycles. The Morgan fingerprint density at radius 2 is 1.46 bits per heavy atom. The molecular weight excluding hydrogens is 810 g/mol. The number of para-hydroxylation sites is 2. The molecule has 2 aliphatic heterocycles. The summed E-state index contributed by atoms with van der Waals surface area (Å²) in [5, 5.41) is 19.2. The Labute approximate surface area is 341 Å². The normalized spacial score (nSPS) is 16.5. The predicted molar refractivity (Wildman–Crippen MR) is 211 cm³/mol. The van der Waals surface area contributed by atoms with Crippen LogP contribution in [-0.4, -0.2) is 121 Å². The molecular formula is C40H45ClF6N6O6. The summed E-state index contributed by atoms with van der Waals surface area (Å²) in [4.78, 5) is 58.1. The lowest BCUT2D eigenvalue weighted by Gasteiger charge is -2.40. The van der Waals surface area contributed by atoms with E-state index in [-0.39, 0.29) is 23.8 Å². The maximum Gasteiger partial charge on any atom is 0.490 e. The van der Waals surface area contributed by atoms with Crippen LogP contribution in [-0.2, 0) is 20.8 Å². The first-order valence-electron chi connectivity index (χ1n) is 18.3. The molecule has 0 radical (unpaired) electrons. The number of anilines is 2. The Bertz CT molecular complexity index is 2080. The second kappa shape index (κ2) is 19.5. The van der Waals surface area contributed by atoms with Gasteiger partial charge in [0.25, 0.3) is 0 Å². The fraction of sp³-hybridized carbons (Fsp3) is 0.400. The fourth-order valence-electron chi connectivity index (χ4n) is 7.07. The van der Waals surface area contributed by atoms with Crippen molar-refractivity contribution >= 4 is 57.8 Å².